The summed E-state index contributed by atoms with van der Waals surface area (Å²) < 4.78 is 7.17. The van der Waals surface area contributed by atoms with E-state index in [1.807, 2.05) is 17.8 Å². The number of rotatable bonds is 6. The standard InChI is InChI=1S/C11H20ClN3O/c1-5-9(12)10-8-15(14-13-10)7-6-11(2,3)16-4/h8-9H,5-7H2,1-4H3. The lowest BCUT2D eigenvalue weighted by molar-refractivity contribution is 0.0112. The van der Waals surface area contributed by atoms with Crippen LogP contribution < -0.4 is 0 Å². The van der Waals surface area contributed by atoms with Crippen LogP contribution in [0.1, 0.15) is 44.7 Å². The summed E-state index contributed by atoms with van der Waals surface area (Å²) in [4.78, 5) is 0. The monoisotopic (exact) mass is 245 g/mol. The van der Waals surface area contributed by atoms with Crippen LogP contribution >= 0.6 is 11.6 Å². The van der Waals surface area contributed by atoms with Crippen molar-refractivity contribution in [1.82, 2.24) is 15.0 Å². The van der Waals surface area contributed by atoms with E-state index in [0.717, 1.165) is 25.1 Å². The van der Waals surface area contributed by atoms with Crippen molar-refractivity contribution in [3.63, 3.8) is 0 Å². The molecule has 0 saturated carbocycles. The summed E-state index contributed by atoms with van der Waals surface area (Å²) in [6, 6.07) is 0. The molecule has 16 heavy (non-hydrogen) atoms. The molecule has 0 radical (unpaired) electrons. The molecule has 0 saturated heterocycles. The molecule has 0 aliphatic rings. The lowest BCUT2D eigenvalue weighted by Gasteiger charge is -2.22. The number of methoxy groups -OCH3 is 1. The maximum Gasteiger partial charge on any atom is 0.100 e. The fraction of sp³-hybridized carbons (Fsp3) is 0.818. The van der Waals surface area contributed by atoms with Gasteiger partial charge in [-0.2, -0.15) is 0 Å². The predicted octanol–water partition coefficient (Wildman–Crippen LogP) is 2.78. The van der Waals surface area contributed by atoms with E-state index >= 15 is 0 Å². The average molecular weight is 246 g/mol. The maximum absolute atomic E-state index is 6.08. The minimum atomic E-state index is -0.128. The summed E-state index contributed by atoms with van der Waals surface area (Å²) in [7, 11) is 1.72. The zero-order chi connectivity index (χ0) is 12.2. The van der Waals surface area contributed by atoms with Gasteiger partial charge in [0.15, 0.2) is 0 Å². The first-order valence-electron chi connectivity index (χ1n) is 5.57. The smallest absolute Gasteiger partial charge is 0.100 e. The first kappa shape index (κ1) is 13.5. The molecule has 1 heterocycles. The fourth-order valence-electron chi connectivity index (χ4n) is 1.26. The molecular weight excluding hydrogens is 226 g/mol. The highest BCUT2D eigenvalue weighted by Crippen LogP contribution is 2.21. The second-order valence-electron chi connectivity index (χ2n) is 4.50. The molecule has 0 aliphatic carbocycles. The van der Waals surface area contributed by atoms with E-state index in [4.69, 9.17) is 16.3 Å². The van der Waals surface area contributed by atoms with Crippen molar-refractivity contribution < 1.29 is 4.74 Å². The van der Waals surface area contributed by atoms with Gasteiger partial charge in [0.25, 0.3) is 0 Å². The van der Waals surface area contributed by atoms with Crippen molar-refractivity contribution in [2.45, 2.75) is 51.1 Å². The number of hydrogen-bond donors (Lipinski definition) is 0. The Morgan fingerprint density at radius 1 is 1.56 bits per heavy atom. The van der Waals surface area contributed by atoms with E-state index in [-0.39, 0.29) is 11.0 Å². The Bertz CT molecular complexity index is 325. The van der Waals surface area contributed by atoms with Crippen molar-refractivity contribution in [2.24, 2.45) is 0 Å². The Morgan fingerprint density at radius 2 is 2.25 bits per heavy atom. The molecule has 5 heteroatoms. The summed E-state index contributed by atoms with van der Waals surface area (Å²) in [6.45, 7) is 6.94. The zero-order valence-corrected chi connectivity index (χ0v) is 11.2. The Labute approximate surface area is 102 Å². The molecule has 1 atom stereocenters. The first-order chi connectivity index (χ1) is 7.48. The van der Waals surface area contributed by atoms with Crippen molar-refractivity contribution in [3.05, 3.63) is 11.9 Å². The van der Waals surface area contributed by atoms with Gasteiger partial charge in [-0.3, -0.25) is 4.68 Å². The van der Waals surface area contributed by atoms with E-state index in [1.54, 1.807) is 7.11 Å². The van der Waals surface area contributed by atoms with Gasteiger partial charge in [-0.15, -0.1) is 16.7 Å². The van der Waals surface area contributed by atoms with Gasteiger partial charge in [0, 0.05) is 19.9 Å². The van der Waals surface area contributed by atoms with Gasteiger partial charge < -0.3 is 4.74 Å². The summed E-state index contributed by atoms with van der Waals surface area (Å²) in [5, 5.41) is 8.07. The molecular formula is C11H20ClN3O. The fourth-order valence-corrected chi connectivity index (χ4v) is 1.36. The minimum absolute atomic E-state index is 0.0378. The average Bonchev–Trinajstić information content (AvgIpc) is 2.74. The van der Waals surface area contributed by atoms with Gasteiger partial charge in [-0.1, -0.05) is 12.1 Å². The summed E-state index contributed by atoms with van der Waals surface area (Å²) in [5.41, 5.74) is 0.719. The number of ether oxygens (including phenoxy) is 1. The van der Waals surface area contributed by atoms with Crippen LogP contribution in [0.4, 0.5) is 0 Å². The minimum Gasteiger partial charge on any atom is -0.379 e. The Hall–Kier alpha value is -0.610. The zero-order valence-electron chi connectivity index (χ0n) is 10.4. The molecule has 1 aromatic heterocycles. The third kappa shape index (κ3) is 3.76. The Kier molecular flexibility index (Phi) is 4.74. The van der Waals surface area contributed by atoms with Crippen molar-refractivity contribution >= 4 is 11.6 Å². The van der Waals surface area contributed by atoms with E-state index in [0.29, 0.717) is 0 Å². The first-order valence-corrected chi connectivity index (χ1v) is 6.01. The van der Waals surface area contributed by atoms with E-state index in [1.165, 1.54) is 0 Å². The van der Waals surface area contributed by atoms with E-state index in [2.05, 4.69) is 24.2 Å². The number of aromatic nitrogens is 3. The van der Waals surface area contributed by atoms with Gasteiger partial charge in [0.05, 0.1) is 11.0 Å². The number of nitrogens with zero attached hydrogens (tertiary/aromatic N) is 3. The Balaban J connectivity index is 2.53. The molecule has 1 rings (SSSR count). The van der Waals surface area contributed by atoms with E-state index < -0.39 is 0 Å². The van der Waals surface area contributed by atoms with Crippen LogP contribution in [0.3, 0.4) is 0 Å². The maximum atomic E-state index is 6.08. The highest BCUT2D eigenvalue weighted by Gasteiger charge is 2.17. The lowest BCUT2D eigenvalue weighted by atomic mass is 10.1. The molecule has 0 fully saturated rings. The van der Waals surface area contributed by atoms with Crippen LogP contribution in [0.5, 0.6) is 0 Å². The lowest BCUT2D eigenvalue weighted by Crippen LogP contribution is -2.24. The number of halogens is 1. The molecule has 92 valence electrons. The molecule has 0 bridgehead atoms. The normalized spacial score (nSPS) is 14.1. The molecule has 4 nitrogen and oxygen atoms in total. The number of aryl methyl sites for hydroxylation is 1. The predicted molar refractivity (Wildman–Crippen MR) is 64.6 cm³/mol. The van der Waals surface area contributed by atoms with E-state index in [9.17, 15) is 0 Å². The van der Waals surface area contributed by atoms with Crippen LogP contribution in [-0.4, -0.2) is 27.7 Å². The summed E-state index contributed by atoms with van der Waals surface area (Å²) in [6.07, 6.45) is 3.67. The van der Waals surface area contributed by atoms with Crippen LogP contribution in [0.15, 0.2) is 6.20 Å². The number of alkyl halides is 1. The third-order valence-corrected chi connectivity index (χ3v) is 3.26. The van der Waals surface area contributed by atoms with Gasteiger partial charge >= 0.3 is 0 Å². The van der Waals surface area contributed by atoms with Crippen LogP contribution in [0, 0.1) is 0 Å². The molecule has 0 N–H and O–H groups in total. The van der Waals surface area contributed by atoms with Crippen LogP contribution in [-0.2, 0) is 11.3 Å². The summed E-state index contributed by atoms with van der Waals surface area (Å²) >= 11 is 6.08. The molecule has 0 spiro atoms. The number of hydrogen-bond acceptors (Lipinski definition) is 3. The molecule has 1 aromatic rings. The molecule has 0 amide bonds. The van der Waals surface area contributed by atoms with Crippen molar-refractivity contribution in [1.29, 1.82) is 0 Å². The van der Waals surface area contributed by atoms with Gasteiger partial charge in [0.2, 0.25) is 0 Å². The molecule has 1 unspecified atom stereocenters. The van der Waals surface area contributed by atoms with Crippen LogP contribution in [0.2, 0.25) is 0 Å². The highest BCUT2D eigenvalue weighted by molar-refractivity contribution is 6.20. The SMILES string of the molecule is CCC(Cl)c1cn(CCC(C)(C)OC)nn1. The Morgan fingerprint density at radius 3 is 2.81 bits per heavy atom. The highest BCUT2D eigenvalue weighted by atomic mass is 35.5. The second kappa shape index (κ2) is 5.64. The summed E-state index contributed by atoms with van der Waals surface area (Å²) in [5.74, 6) is 0. The van der Waals surface area contributed by atoms with Crippen molar-refractivity contribution in [2.75, 3.05) is 7.11 Å². The van der Waals surface area contributed by atoms with Gasteiger partial charge in [-0.25, -0.2) is 0 Å². The molecule has 0 aromatic carbocycles. The van der Waals surface area contributed by atoms with Gasteiger partial charge in [0.1, 0.15) is 5.69 Å². The second-order valence-corrected chi connectivity index (χ2v) is 5.02. The quantitative estimate of drug-likeness (QED) is 0.724. The third-order valence-electron chi connectivity index (χ3n) is 2.73. The largest absolute Gasteiger partial charge is 0.379 e. The van der Waals surface area contributed by atoms with Crippen molar-refractivity contribution in [3.8, 4) is 0 Å². The van der Waals surface area contributed by atoms with Crippen LogP contribution in [0.25, 0.3) is 0 Å². The van der Waals surface area contributed by atoms with Gasteiger partial charge in [-0.05, 0) is 26.7 Å². The topological polar surface area (TPSA) is 39.9 Å². The molecule has 0 aliphatic heterocycles.